The topological polar surface area (TPSA) is 76.1 Å². The smallest absolute Gasteiger partial charge is 0.191 e. The van der Waals surface area contributed by atoms with E-state index in [1.54, 1.807) is 28.4 Å². The lowest BCUT2D eigenvalue weighted by molar-refractivity contribution is 0.343. The fourth-order valence-electron chi connectivity index (χ4n) is 2.67. The van der Waals surface area contributed by atoms with E-state index in [1.165, 1.54) is 0 Å². The number of aryl methyl sites for hydroxylation is 1. The first kappa shape index (κ1) is 16.4. The number of rotatable bonds is 5. The molecule has 0 N–H and O–H groups in total. The maximum absolute atomic E-state index is 8.94. The average molecular weight is 361 g/mol. The largest absolute Gasteiger partial charge is 0.493 e. The van der Waals surface area contributed by atoms with Crippen LogP contribution in [0.1, 0.15) is 11.4 Å². The molecule has 0 bridgehead atoms. The summed E-state index contributed by atoms with van der Waals surface area (Å²) in [5.41, 5.74) is 2.31. The highest BCUT2D eigenvalue weighted by atomic mass is 32.2. The molecule has 4 aromatic rings. The van der Waals surface area contributed by atoms with E-state index in [0.717, 1.165) is 27.5 Å². The van der Waals surface area contributed by atoms with Gasteiger partial charge in [0.25, 0.3) is 0 Å². The molecule has 0 atom stereocenters. The van der Waals surface area contributed by atoms with Crippen molar-refractivity contribution in [3.63, 3.8) is 0 Å². The highest BCUT2D eigenvalue weighted by Crippen LogP contribution is 2.24. The molecule has 0 aliphatic rings. The number of benzene rings is 2. The van der Waals surface area contributed by atoms with E-state index in [-0.39, 0.29) is 0 Å². The van der Waals surface area contributed by atoms with Crippen LogP contribution in [0.5, 0.6) is 5.75 Å². The minimum absolute atomic E-state index is 0.503. The quantitative estimate of drug-likeness (QED) is 0.307. The van der Waals surface area contributed by atoms with E-state index in [4.69, 9.17) is 15.0 Å². The molecule has 0 radical (unpaired) electrons. The zero-order chi connectivity index (χ0) is 17.9. The van der Waals surface area contributed by atoms with Gasteiger partial charge < -0.3 is 4.74 Å². The molecule has 2 heterocycles. The molecule has 0 aliphatic heterocycles. The minimum Gasteiger partial charge on any atom is -0.493 e. The molecule has 0 saturated heterocycles. The predicted molar refractivity (Wildman–Crippen MR) is 100 cm³/mol. The standard InChI is InChI=1S/C19H15N5OS/c1-13-21-18-16-7-2-3-8-17(16)22-19(24(18)23-13)26-10-9-25-15-6-4-5-14(11-15)12-20/h2-8,11H,9-10H2,1H3. The van der Waals surface area contributed by atoms with E-state index in [1.807, 2.05) is 43.3 Å². The molecule has 0 fully saturated rings. The van der Waals surface area contributed by atoms with E-state index in [2.05, 4.69) is 16.2 Å². The van der Waals surface area contributed by atoms with Crippen molar-refractivity contribution in [2.24, 2.45) is 0 Å². The van der Waals surface area contributed by atoms with Gasteiger partial charge in [-0.15, -0.1) is 5.10 Å². The third-order valence-electron chi connectivity index (χ3n) is 3.80. The van der Waals surface area contributed by atoms with Crippen LogP contribution in [0.2, 0.25) is 0 Å². The van der Waals surface area contributed by atoms with Gasteiger partial charge in [0, 0.05) is 11.1 Å². The molecule has 26 heavy (non-hydrogen) atoms. The van der Waals surface area contributed by atoms with Crippen LogP contribution in [-0.2, 0) is 0 Å². The van der Waals surface area contributed by atoms with Crippen LogP contribution in [0.25, 0.3) is 16.6 Å². The number of hydrogen-bond donors (Lipinski definition) is 0. The van der Waals surface area contributed by atoms with Crippen LogP contribution in [0.4, 0.5) is 0 Å². The Morgan fingerprint density at radius 2 is 2.04 bits per heavy atom. The van der Waals surface area contributed by atoms with Crippen molar-refractivity contribution in [3.8, 4) is 11.8 Å². The summed E-state index contributed by atoms with van der Waals surface area (Å²) in [6, 6.07) is 17.2. The van der Waals surface area contributed by atoms with Crippen LogP contribution >= 0.6 is 11.8 Å². The van der Waals surface area contributed by atoms with Gasteiger partial charge in [0.2, 0.25) is 0 Å². The summed E-state index contributed by atoms with van der Waals surface area (Å²) in [7, 11) is 0. The lowest BCUT2D eigenvalue weighted by Gasteiger charge is -2.08. The molecule has 0 amide bonds. The monoisotopic (exact) mass is 361 g/mol. The predicted octanol–water partition coefficient (Wildman–Crippen LogP) is 3.63. The maximum atomic E-state index is 8.94. The van der Waals surface area contributed by atoms with Gasteiger partial charge in [0.1, 0.15) is 11.6 Å². The lowest BCUT2D eigenvalue weighted by atomic mass is 10.2. The highest BCUT2D eigenvalue weighted by Gasteiger charge is 2.12. The Morgan fingerprint density at radius 3 is 2.92 bits per heavy atom. The van der Waals surface area contributed by atoms with E-state index in [9.17, 15) is 0 Å². The Balaban J connectivity index is 1.52. The highest BCUT2D eigenvalue weighted by molar-refractivity contribution is 7.99. The summed E-state index contributed by atoms with van der Waals surface area (Å²) in [6.45, 7) is 2.38. The number of thioether (sulfide) groups is 1. The van der Waals surface area contributed by atoms with Crippen molar-refractivity contribution in [3.05, 3.63) is 59.9 Å². The molecule has 0 saturated carbocycles. The van der Waals surface area contributed by atoms with Crippen molar-refractivity contribution < 1.29 is 4.74 Å². The number of fused-ring (bicyclic) bond motifs is 3. The second-order valence-corrected chi connectivity index (χ2v) is 6.70. The Hall–Kier alpha value is -3.11. The summed E-state index contributed by atoms with van der Waals surface area (Å²) < 4.78 is 7.52. The SMILES string of the molecule is Cc1nc2c3ccccc3nc(SCCOc3cccc(C#N)c3)n2n1. The first-order valence-electron chi connectivity index (χ1n) is 8.12. The molecule has 4 rings (SSSR count). The van der Waals surface area contributed by atoms with Crippen molar-refractivity contribution in [2.75, 3.05) is 12.4 Å². The van der Waals surface area contributed by atoms with Crippen molar-refractivity contribution in [2.45, 2.75) is 12.1 Å². The second kappa shape index (κ2) is 7.02. The van der Waals surface area contributed by atoms with Crippen molar-refractivity contribution >= 4 is 28.3 Å². The van der Waals surface area contributed by atoms with Crippen molar-refractivity contribution in [1.29, 1.82) is 5.26 Å². The Morgan fingerprint density at radius 1 is 1.15 bits per heavy atom. The molecular weight excluding hydrogens is 346 g/mol. The number of aromatic nitrogens is 4. The first-order chi connectivity index (χ1) is 12.7. The van der Waals surface area contributed by atoms with Gasteiger partial charge in [0.05, 0.1) is 23.8 Å². The van der Waals surface area contributed by atoms with E-state index in [0.29, 0.717) is 23.7 Å². The Labute approximate surface area is 154 Å². The molecule has 0 unspecified atom stereocenters. The number of hydrogen-bond acceptors (Lipinski definition) is 6. The third-order valence-corrected chi connectivity index (χ3v) is 4.69. The van der Waals surface area contributed by atoms with Crippen LogP contribution in [-0.4, -0.2) is 31.9 Å². The van der Waals surface area contributed by atoms with Gasteiger partial charge in [0.15, 0.2) is 10.8 Å². The molecule has 7 heteroatoms. The number of nitrogens with zero attached hydrogens (tertiary/aromatic N) is 5. The Bertz CT molecular complexity index is 1130. The minimum atomic E-state index is 0.503. The number of ether oxygens (including phenoxy) is 1. The van der Waals surface area contributed by atoms with Crippen LogP contribution in [0.3, 0.4) is 0 Å². The molecular formula is C19H15N5OS. The molecule has 2 aromatic heterocycles. The van der Waals surface area contributed by atoms with Crippen LogP contribution in [0.15, 0.2) is 53.7 Å². The van der Waals surface area contributed by atoms with Gasteiger partial charge in [-0.2, -0.15) is 9.78 Å². The third kappa shape index (κ3) is 3.19. The zero-order valence-electron chi connectivity index (χ0n) is 14.1. The molecule has 6 nitrogen and oxygen atoms in total. The summed E-state index contributed by atoms with van der Waals surface area (Å²) in [4.78, 5) is 9.25. The fourth-order valence-corrected chi connectivity index (χ4v) is 3.44. The lowest BCUT2D eigenvalue weighted by Crippen LogP contribution is -2.03. The van der Waals surface area contributed by atoms with E-state index < -0.39 is 0 Å². The molecule has 0 aliphatic carbocycles. The zero-order valence-corrected chi connectivity index (χ0v) is 14.9. The molecule has 128 valence electrons. The molecule has 2 aromatic carbocycles. The Kier molecular flexibility index (Phi) is 4.42. The first-order valence-corrected chi connectivity index (χ1v) is 9.11. The van der Waals surface area contributed by atoms with Crippen LogP contribution < -0.4 is 4.74 Å². The van der Waals surface area contributed by atoms with Crippen LogP contribution in [0, 0.1) is 18.3 Å². The van der Waals surface area contributed by atoms with Gasteiger partial charge in [-0.05, 0) is 37.3 Å². The van der Waals surface area contributed by atoms with Gasteiger partial charge in [-0.3, -0.25) is 0 Å². The average Bonchev–Trinajstić information content (AvgIpc) is 3.07. The summed E-state index contributed by atoms with van der Waals surface area (Å²) in [6.07, 6.45) is 0. The maximum Gasteiger partial charge on any atom is 0.191 e. The summed E-state index contributed by atoms with van der Waals surface area (Å²) >= 11 is 1.57. The molecule has 0 spiro atoms. The summed E-state index contributed by atoms with van der Waals surface area (Å²) in [5.74, 6) is 2.11. The second-order valence-electron chi connectivity index (χ2n) is 5.64. The fraction of sp³-hybridized carbons (Fsp3) is 0.158. The van der Waals surface area contributed by atoms with E-state index >= 15 is 0 Å². The number of para-hydroxylation sites is 1. The normalized spacial score (nSPS) is 10.9. The van der Waals surface area contributed by atoms with Crippen molar-refractivity contribution in [1.82, 2.24) is 19.6 Å². The number of nitriles is 1. The van der Waals surface area contributed by atoms with Gasteiger partial charge >= 0.3 is 0 Å². The van der Waals surface area contributed by atoms with Gasteiger partial charge in [-0.25, -0.2) is 9.97 Å². The summed E-state index contributed by atoms with van der Waals surface area (Å²) in [5, 5.41) is 15.2. The van der Waals surface area contributed by atoms with Gasteiger partial charge in [-0.1, -0.05) is 30.0 Å².